The Bertz CT molecular complexity index is 2340. The van der Waals surface area contributed by atoms with Gasteiger partial charge in [-0.3, -0.25) is 18.5 Å². The van der Waals surface area contributed by atoms with Crippen molar-refractivity contribution in [3.63, 3.8) is 0 Å². The first-order valence-corrected chi connectivity index (χ1v) is 18.9. The number of phosphoric acid groups is 1. The number of benzene rings is 2. The number of aryl methyl sites for hydroxylation is 1. The smallest absolute Gasteiger partial charge is 0.421 e. The molecule has 1 aliphatic carbocycles. The minimum Gasteiger partial charge on any atom is -0.421 e. The van der Waals surface area contributed by atoms with Crippen molar-refractivity contribution in [2.24, 2.45) is 0 Å². The van der Waals surface area contributed by atoms with E-state index in [0.717, 1.165) is 30.4 Å². The zero-order chi connectivity index (χ0) is 41.0. The zero-order valence-electron chi connectivity index (χ0n) is 31.4. The van der Waals surface area contributed by atoms with Crippen LogP contribution in [-0.4, -0.2) is 46.4 Å². The summed E-state index contributed by atoms with van der Waals surface area (Å²) in [5.41, 5.74) is -2.65. The number of para-hydroxylation sites is 1. The molecule has 300 valence electrons. The van der Waals surface area contributed by atoms with Crippen molar-refractivity contribution in [3.8, 4) is 5.69 Å². The van der Waals surface area contributed by atoms with Crippen molar-refractivity contribution in [1.29, 1.82) is 0 Å². The van der Waals surface area contributed by atoms with E-state index in [1.54, 1.807) is 29.5 Å². The first-order valence-electron chi connectivity index (χ1n) is 17.5. The number of halogens is 7. The molecule has 7 rings (SSSR count). The maximum atomic E-state index is 17.2. The van der Waals surface area contributed by atoms with Crippen molar-refractivity contribution < 1.29 is 58.4 Å². The van der Waals surface area contributed by atoms with Crippen LogP contribution in [0.3, 0.4) is 0 Å². The standard InChI is InChI=1S/C38H38F7N4O6P/c1-8-21-10-9-11-24-28-17-35(4,39)32-26(14-15-48(32)33(50)54-20-55-56(51,52-6)53-7)36(28,5)31-25-19-47(34(2,3)30(25)46-49(31)29(21)24)18-22-12-13-23(37(40,41)42)16-27(22)38(43,44)45/h9-17H,8,18-20H2,1-7H3. The molecule has 2 unspecified atom stereocenters. The number of fused-ring (bicyclic) bond motifs is 10. The van der Waals surface area contributed by atoms with Crippen LogP contribution in [0.25, 0.3) is 11.3 Å². The highest BCUT2D eigenvalue weighted by atomic mass is 31.2. The second-order valence-corrected chi connectivity index (χ2v) is 16.6. The van der Waals surface area contributed by atoms with E-state index in [2.05, 4.69) is 0 Å². The quantitative estimate of drug-likeness (QED) is 0.0987. The zero-order valence-corrected chi connectivity index (χ0v) is 32.3. The van der Waals surface area contributed by atoms with Crippen LogP contribution in [0.5, 0.6) is 0 Å². The average molecular weight is 811 g/mol. The number of ether oxygens (including phenoxy) is 1. The van der Waals surface area contributed by atoms with Crippen LogP contribution in [-0.2, 0) is 71.4 Å². The van der Waals surface area contributed by atoms with Gasteiger partial charge in [0.25, 0.3) is 0 Å². The van der Waals surface area contributed by atoms with Crippen LogP contribution in [0.4, 0.5) is 35.5 Å². The van der Waals surface area contributed by atoms with E-state index in [1.165, 1.54) is 19.2 Å². The SMILES string of the molecule is CCc1cccc2c1-n1nc3c(c1C1(C)C2=CC(C)(F)c2c1ccn2C(=O)OCOP(=O)(OC)OC)CN(Cc1ccc(C(F)(F)F)cc1C(F)(F)F)C3(C)C. The van der Waals surface area contributed by atoms with Crippen molar-refractivity contribution >= 4 is 19.5 Å². The molecule has 10 nitrogen and oxygen atoms in total. The molecular weight excluding hydrogens is 772 g/mol. The molecule has 2 aliphatic heterocycles. The summed E-state index contributed by atoms with van der Waals surface area (Å²) in [7, 11) is -1.85. The molecule has 0 amide bonds. The highest BCUT2D eigenvalue weighted by Crippen LogP contribution is 2.60. The van der Waals surface area contributed by atoms with E-state index < -0.39 is 60.8 Å². The lowest BCUT2D eigenvalue weighted by Crippen LogP contribution is -2.42. The van der Waals surface area contributed by atoms with Gasteiger partial charge in [-0.25, -0.2) is 23.0 Å². The van der Waals surface area contributed by atoms with Crippen LogP contribution < -0.4 is 0 Å². The third-order valence-electron chi connectivity index (χ3n) is 11.2. The third-order valence-corrected chi connectivity index (χ3v) is 12.5. The highest BCUT2D eigenvalue weighted by molar-refractivity contribution is 7.48. The molecule has 3 aliphatic rings. The third kappa shape index (κ3) is 6.05. The van der Waals surface area contributed by atoms with Crippen molar-refractivity contribution in [1.82, 2.24) is 19.2 Å². The Morgan fingerprint density at radius 2 is 1.64 bits per heavy atom. The van der Waals surface area contributed by atoms with E-state index in [9.17, 15) is 35.7 Å². The number of allylic oxidation sites excluding steroid dienone is 2. The number of hydrogen-bond acceptors (Lipinski definition) is 8. The Labute approximate surface area is 317 Å². The Morgan fingerprint density at radius 1 is 0.946 bits per heavy atom. The van der Waals surface area contributed by atoms with Crippen LogP contribution in [0.1, 0.15) is 90.6 Å². The van der Waals surface area contributed by atoms with Gasteiger partial charge in [-0.1, -0.05) is 31.2 Å². The highest BCUT2D eigenvalue weighted by Gasteiger charge is 2.56. The fourth-order valence-electron chi connectivity index (χ4n) is 8.37. The van der Waals surface area contributed by atoms with Gasteiger partial charge in [-0.15, -0.1) is 0 Å². The molecule has 0 spiro atoms. The van der Waals surface area contributed by atoms with E-state index >= 15 is 4.39 Å². The summed E-state index contributed by atoms with van der Waals surface area (Å²) in [5.74, 6) is 0. The van der Waals surface area contributed by atoms with Gasteiger partial charge in [0.05, 0.1) is 44.8 Å². The summed E-state index contributed by atoms with van der Waals surface area (Å²) in [5, 5.41) is 5.13. The molecule has 0 saturated heterocycles. The Morgan fingerprint density at radius 3 is 2.27 bits per heavy atom. The predicted octanol–water partition coefficient (Wildman–Crippen LogP) is 9.79. The van der Waals surface area contributed by atoms with E-state index in [1.807, 2.05) is 32.0 Å². The number of carbonyl (C=O) groups is 1. The Kier molecular flexibility index (Phi) is 9.36. The lowest BCUT2D eigenvalue weighted by Gasteiger charge is -2.45. The number of carbonyl (C=O) groups excluding carboxylic acids is 1. The average Bonchev–Trinajstić information content (AvgIpc) is 3.82. The molecule has 4 aromatic rings. The minimum atomic E-state index is -5.06. The first kappa shape index (κ1) is 39.9. The Balaban J connectivity index is 1.37. The van der Waals surface area contributed by atoms with Gasteiger partial charge in [-0.2, -0.15) is 31.4 Å². The maximum Gasteiger partial charge on any atom is 0.477 e. The molecule has 0 bridgehead atoms. The molecule has 2 aromatic heterocycles. The van der Waals surface area contributed by atoms with E-state index in [-0.39, 0.29) is 30.4 Å². The predicted molar refractivity (Wildman–Crippen MR) is 188 cm³/mol. The summed E-state index contributed by atoms with van der Waals surface area (Å²) in [4.78, 5) is 15.2. The molecular formula is C38H38F7N4O6P. The number of phosphoric ester groups is 1. The van der Waals surface area contributed by atoms with Crippen LogP contribution in [0, 0.1) is 0 Å². The second-order valence-electron chi connectivity index (χ2n) is 14.7. The molecule has 0 saturated carbocycles. The summed E-state index contributed by atoms with van der Waals surface area (Å²) >= 11 is 0. The van der Waals surface area contributed by atoms with Gasteiger partial charge < -0.3 is 4.74 Å². The van der Waals surface area contributed by atoms with Crippen molar-refractivity contribution in [2.45, 2.75) is 83.1 Å². The van der Waals surface area contributed by atoms with Crippen molar-refractivity contribution in [2.75, 3.05) is 21.0 Å². The van der Waals surface area contributed by atoms with Gasteiger partial charge in [0.2, 0.25) is 6.79 Å². The fourth-order valence-corrected chi connectivity index (χ4v) is 8.91. The fraction of sp³-hybridized carbons (Fsp3) is 0.421. The molecule has 2 aromatic carbocycles. The van der Waals surface area contributed by atoms with Crippen molar-refractivity contribution in [3.05, 3.63) is 111 Å². The lowest BCUT2D eigenvalue weighted by molar-refractivity contribution is -0.143. The van der Waals surface area contributed by atoms with E-state index in [0.29, 0.717) is 51.8 Å². The number of hydrogen-bond donors (Lipinski definition) is 0. The number of rotatable bonds is 8. The van der Waals surface area contributed by atoms with Gasteiger partial charge in [-0.05, 0) is 80.7 Å². The summed E-state index contributed by atoms with van der Waals surface area (Å²) in [6, 6.07) is 8.89. The summed E-state index contributed by atoms with van der Waals surface area (Å²) in [6.07, 6.45) is -7.72. The Hall–Kier alpha value is -4.28. The van der Waals surface area contributed by atoms with Gasteiger partial charge >= 0.3 is 26.3 Å². The van der Waals surface area contributed by atoms with Crippen LogP contribution in [0.15, 0.2) is 54.7 Å². The van der Waals surface area contributed by atoms with Crippen LogP contribution in [0.2, 0.25) is 0 Å². The number of nitrogens with zero attached hydrogens (tertiary/aromatic N) is 4. The second kappa shape index (κ2) is 13.1. The maximum absolute atomic E-state index is 17.2. The summed E-state index contributed by atoms with van der Waals surface area (Å²) < 4.78 is 135. The van der Waals surface area contributed by atoms with Crippen LogP contribution >= 0.6 is 7.82 Å². The normalized spacial score (nSPS) is 21.5. The number of aromatic nitrogens is 3. The molecule has 2 atom stereocenters. The van der Waals surface area contributed by atoms with Gasteiger partial charge in [0.15, 0.2) is 5.67 Å². The molecule has 0 fully saturated rings. The molecule has 4 heterocycles. The van der Waals surface area contributed by atoms with E-state index in [4.69, 9.17) is 23.4 Å². The lowest BCUT2D eigenvalue weighted by atomic mass is 9.62. The molecule has 56 heavy (non-hydrogen) atoms. The van der Waals surface area contributed by atoms with Gasteiger partial charge in [0.1, 0.15) is 0 Å². The topological polar surface area (TPSA) is 97.0 Å². The monoisotopic (exact) mass is 810 g/mol. The largest absolute Gasteiger partial charge is 0.477 e. The summed E-state index contributed by atoms with van der Waals surface area (Å²) in [6.45, 7) is 7.54. The molecule has 0 radical (unpaired) electrons. The molecule has 0 N–H and O–H groups in total. The number of alkyl halides is 7. The molecule has 18 heteroatoms. The minimum absolute atomic E-state index is 0.0455. The first-order chi connectivity index (χ1) is 26.0. The van der Waals surface area contributed by atoms with Gasteiger partial charge in [0, 0.05) is 44.6 Å².